The van der Waals surface area contributed by atoms with E-state index < -0.39 is 12.1 Å². The van der Waals surface area contributed by atoms with Gasteiger partial charge in [-0.3, -0.25) is 14.4 Å². The van der Waals surface area contributed by atoms with Gasteiger partial charge in [-0.25, -0.2) is 0 Å². The Morgan fingerprint density at radius 3 is 2.41 bits per heavy atom. The summed E-state index contributed by atoms with van der Waals surface area (Å²) in [5.74, 6) is 0.302. The molecule has 0 spiro atoms. The minimum absolute atomic E-state index is 0.0417. The third kappa shape index (κ3) is 6.26. The number of carbonyl (C=O) groups excluding carboxylic acids is 3. The predicted molar refractivity (Wildman–Crippen MR) is 129 cm³/mol. The van der Waals surface area contributed by atoms with E-state index in [-0.39, 0.29) is 29.7 Å². The normalized spacial score (nSPS) is 17.0. The molecular formula is C24H28ClN3O3S. The van der Waals surface area contributed by atoms with Gasteiger partial charge in [-0.15, -0.1) is 11.8 Å². The second-order valence-electron chi connectivity index (χ2n) is 8.74. The summed E-state index contributed by atoms with van der Waals surface area (Å²) in [4.78, 5) is 40.5. The second kappa shape index (κ2) is 10.4. The van der Waals surface area contributed by atoms with Crippen molar-refractivity contribution in [2.24, 2.45) is 0 Å². The molecule has 2 aromatic rings. The molecule has 1 heterocycles. The smallest absolute Gasteiger partial charge is 0.253 e. The standard InChI is InChI=1S/C24H28ClN3O3S/c1-24(2,3)27-23(31)20-14-32-15-28(20)21(29)13-19(16-9-5-4-6-10-16)26-22(30)17-11-7-8-12-18(17)25/h4-12,19-20H,13-15H2,1-3H3,(H,26,30)(H,27,31). The van der Waals surface area contributed by atoms with E-state index in [0.717, 1.165) is 5.56 Å². The molecule has 170 valence electrons. The maximum atomic E-state index is 13.2. The van der Waals surface area contributed by atoms with Crippen molar-refractivity contribution in [1.29, 1.82) is 0 Å². The molecule has 2 unspecified atom stereocenters. The van der Waals surface area contributed by atoms with Gasteiger partial charge in [0.2, 0.25) is 11.8 Å². The molecule has 0 radical (unpaired) electrons. The lowest BCUT2D eigenvalue weighted by atomic mass is 10.0. The van der Waals surface area contributed by atoms with Gasteiger partial charge in [-0.2, -0.15) is 0 Å². The van der Waals surface area contributed by atoms with Crippen LogP contribution in [0.25, 0.3) is 0 Å². The van der Waals surface area contributed by atoms with E-state index in [1.165, 1.54) is 0 Å². The topological polar surface area (TPSA) is 78.5 Å². The number of nitrogens with one attached hydrogen (secondary N) is 2. The van der Waals surface area contributed by atoms with Crippen LogP contribution in [0.5, 0.6) is 0 Å². The molecule has 0 saturated carbocycles. The molecule has 3 amide bonds. The summed E-state index contributed by atoms with van der Waals surface area (Å²) in [5.41, 5.74) is 0.777. The zero-order valence-electron chi connectivity index (χ0n) is 18.4. The Morgan fingerprint density at radius 1 is 1.09 bits per heavy atom. The van der Waals surface area contributed by atoms with Gasteiger partial charge < -0.3 is 15.5 Å². The van der Waals surface area contributed by atoms with E-state index in [1.807, 2.05) is 51.1 Å². The molecular weight excluding hydrogens is 446 g/mol. The first-order valence-electron chi connectivity index (χ1n) is 10.5. The van der Waals surface area contributed by atoms with E-state index in [4.69, 9.17) is 11.6 Å². The largest absolute Gasteiger partial charge is 0.350 e. The Balaban J connectivity index is 1.77. The number of hydrogen-bond acceptors (Lipinski definition) is 4. The van der Waals surface area contributed by atoms with Crippen LogP contribution in [0, 0.1) is 0 Å². The van der Waals surface area contributed by atoms with E-state index in [2.05, 4.69) is 10.6 Å². The summed E-state index contributed by atoms with van der Waals surface area (Å²) in [7, 11) is 0. The molecule has 0 aliphatic carbocycles. The highest BCUT2D eigenvalue weighted by Crippen LogP contribution is 2.26. The summed E-state index contributed by atoms with van der Waals surface area (Å²) in [6.07, 6.45) is 0.0417. The summed E-state index contributed by atoms with van der Waals surface area (Å²) in [6, 6.07) is 15.0. The molecule has 3 rings (SSSR count). The van der Waals surface area contributed by atoms with Crippen molar-refractivity contribution in [3.8, 4) is 0 Å². The highest BCUT2D eigenvalue weighted by atomic mass is 35.5. The highest BCUT2D eigenvalue weighted by molar-refractivity contribution is 7.99. The molecule has 1 fully saturated rings. The average molecular weight is 474 g/mol. The third-order valence-electron chi connectivity index (χ3n) is 5.01. The van der Waals surface area contributed by atoms with Crippen LogP contribution in [-0.4, -0.2) is 45.8 Å². The minimum atomic E-state index is -0.551. The summed E-state index contributed by atoms with van der Waals surface area (Å²) in [6.45, 7) is 5.73. The molecule has 1 saturated heterocycles. The molecule has 2 atom stereocenters. The summed E-state index contributed by atoms with van der Waals surface area (Å²) in [5, 5.41) is 6.25. The Bertz CT molecular complexity index is 978. The highest BCUT2D eigenvalue weighted by Gasteiger charge is 2.37. The fourth-order valence-electron chi connectivity index (χ4n) is 3.47. The van der Waals surface area contributed by atoms with Gasteiger partial charge in [0.05, 0.1) is 28.9 Å². The lowest BCUT2D eigenvalue weighted by Crippen LogP contribution is -2.52. The first-order valence-corrected chi connectivity index (χ1v) is 12.0. The van der Waals surface area contributed by atoms with E-state index >= 15 is 0 Å². The van der Waals surface area contributed by atoms with E-state index in [1.54, 1.807) is 40.9 Å². The SMILES string of the molecule is CC(C)(C)NC(=O)C1CSCN1C(=O)CC(NC(=O)c1ccccc1Cl)c1ccccc1. The van der Waals surface area contributed by atoms with Crippen LogP contribution in [0.4, 0.5) is 0 Å². The van der Waals surface area contributed by atoms with Crippen LogP contribution in [0.2, 0.25) is 5.02 Å². The monoisotopic (exact) mass is 473 g/mol. The first kappa shape index (κ1) is 24.1. The Labute approximate surface area is 198 Å². The minimum Gasteiger partial charge on any atom is -0.350 e. The molecule has 0 bridgehead atoms. The van der Waals surface area contributed by atoms with Crippen molar-refractivity contribution in [2.45, 2.75) is 44.8 Å². The number of thioether (sulfide) groups is 1. The Kier molecular flexibility index (Phi) is 7.85. The Morgan fingerprint density at radius 2 is 1.75 bits per heavy atom. The third-order valence-corrected chi connectivity index (χ3v) is 6.35. The van der Waals surface area contributed by atoms with Gasteiger partial charge in [-0.05, 0) is 38.5 Å². The van der Waals surface area contributed by atoms with Crippen LogP contribution in [0.15, 0.2) is 54.6 Å². The number of halogens is 1. The summed E-state index contributed by atoms with van der Waals surface area (Å²) < 4.78 is 0. The van der Waals surface area contributed by atoms with Gasteiger partial charge in [0.25, 0.3) is 5.91 Å². The van der Waals surface area contributed by atoms with Gasteiger partial charge in [0.1, 0.15) is 6.04 Å². The fourth-order valence-corrected chi connectivity index (χ4v) is 4.87. The molecule has 8 heteroatoms. The van der Waals surface area contributed by atoms with Crippen LogP contribution < -0.4 is 10.6 Å². The van der Waals surface area contributed by atoms with Crippen LogP contribution in [0.1, 0.15) is 49.2 Å². The zero-order valence-corrected chi connectivity index (χ0v) is 20.0. The molecule has 6 nitrogen and oxygen atoms in total. The van der Waals surface area contributed by atoms with Crippen molar-refractivity contribution in [2.75, 3.05) is 11.6 Å². The van der Waals surface area contributed by atoms with Crippen LogP contribution in [0.3, 0.4) is 0 Å². The van der Waals surface area contributed by atoms with E-state index in [9.17, 15) is 14.4 Å². The van der Waals surface area contributed by atoms with Crippen LogP contribution >= 0.6 is 23.4 Å². The molecule has 1 aliphatic rings. The number of benzene rings is 2. The van der Waals surface area contributed by atoms with Gasteiger partial charge >= 0.3 is 0 Å². The molecule has 1 aliphatic heterocycles. The maximum Gasteiger partial charge on any atom is 0.253 e. The maximum absolute atomic E-state index is 13.2. The second-order valence-corrected chi connectivity index (χ2v) is 10.1. The predicted octanol–water partition coefficient (Wildman–Crippen LogP) is 4.02. The number of hydrogen-bond donors (Lipinski definition) is 2. The number of nitrogens with zero attached hydrogens (tertiary/aromatic N) is 1. The average Bonchev–Trinajstić information content (AvgIpc) is 3.23. The van der Waals surface area contributed by atoms with E-state index in [0.29, 0.717) is 22.2 Å². The fraction of sp³-hybridized carbons (Fsp3) is 0.375. The van der Waals surface area contributed by atoms with Crippen molar-refractivity contribution < 1.29 is 14.4 Å². The molecule has 0 aromatic heterocycles. The van der Waals surface area contributed by atoms with Gasteiger partial charge in [0, 0.05) is 11.3 Å². The number of rotatable bonds is 6. The summed E-state index contributed by atoms with van der Waals surface area (Å²) >= 11 is 7.73. The van der Waals surface area contributed by atoms with Gasteiger partial charge in [-0.1, -0.05) is 54.1 Å². The quantitative estimate of drug-likeness (QED) is 0.664. The van der Waals surface area contributed by atoms with Gasteiger partial charge in [0.15, 0.2) is 0 Å². The van der Waals surface area contributed by atoms with Crippen molar-refractivity contribution >= 4 is 41.1 Å². The molecule has 2 N–H and O–H groups in total. The Hall–Kier alpha value is -2.51. The first-order chi connectivity index (χ1) is 15.2. The number of amides is 3. The lowest BCUT2D eigenvalue weighted by Gasteiger charge is -2.29. The van der Waals surface area contributed by atoms with Crippen molar-refractivity contribution in [3.05, 3.63) is 70.7 Å². The van der Waals surface area contributed by atoms with Crippen LogP contribution in [-0.2, 0) is 9.59 Å². The van der Waals surface area contributed by atoms with Crippen molar-refractivity contribution in [1.82, 2.24) is 15.5 Å². The zero-order chi connectivity index (χ0) is 23.3. The number of carbonyl (C=O) groups is 3. The lowest BCUT2D eigenvalue weighted by molar-refractivity contribution is -0.139. The molecule has 2 aromatic carbocycles. The van der Waals surface area contributed by atoms with Crippen molar-refractivity contribution in [3.63, 3.8) is 0 Å². The molecule has 32 heavy (non-hydrogen) atoms.